The largest absolute Gasteiger partial charge is 0.326 e. The van der Waals surface area contributed by atoms with Crippen LogP contribution in [0.25, 0.3) is 0 Å². The Kier molecular flexibility index (Phi) is 3.87. The lowest BCUT2D eigenvalue weighted by Gasteiger charge is -2.27. The van der Waals surface area contributed by atoms with E-state index >= 15 is 0 Å². The maximum Gasteiger partial charge on any atom is 0.326 e. The SMILES string of the molecule is O=C1N(c2ccc(C#Cc3cccnc3)cn2)CC2CCCCN12. The molecular formula is C19H18N4O. The second kappa shape index (κ2) is 6.32. The second-order valence-electron chi connectivity index (χ2n) is 6.13. The Hall–Kier alpha value is -2.87. The number of anilines is 1. The van der Waals surface area contributed by atoms with Crippen LogP contribution in [-0.2, 0) is 0 Å². The van der Waals surface area contributed by atoms with Crippen LogP contribution in [-0.4, -0.2) is 40.0 Å². The molecule has 0 saturated carbocycles. The Labute approximate surface area is 141 Å². The number of fused-ring (bicyclic) bond motifs is 1. The Morgan fingerprint density at radius 1 is 1.08 bits per heavy atom. The van der Waals surface area contributed by atoms with Gasteiger partial charge in [-0.15, -0.1) is 0 Å². The van der Waals surface area contributed by atoms with E-state index in [1.165, 1.54) is 6.42 Å². The molecule has 0 bridgehead atoms. The third-order valence-corrected chi connectivity index (χ3v) is 4.53. The van der Waals surface area contributed by atoms with Crippen molar-refractivity contribution in [3.63, 3.8) is 0 Å². The third kappa shape index (κ3) is 2.83. The van der Waals surface area contributed by atoms with Gasteiger partial charge in [-0.25, -0.2) is 9.78 Å². The molecule has 2 amide bonds. The number of pyridine rings is 2. The van der Waals surface area contributed by atoms with Gasteiger partial charge < -0.3 is 4.90 Å². The van der Waals surface area contributed by atoms with Crippen molar-refractivity contribution >= 4 is 11.8 Å². The number of carbonyl (C=O) groups is 1. The van der Waals surface area contributed by atoms with Gasteiger partial charge in [0.1, 0.15) is 5.82 Å². The maximum absolute atomic E-state index is 12.5. The van der Waals surface area contributed by atoms with Crippen molar-refractivity contribution in [2.75, 3.05) is 18.0 Å². The van der Waals surface area contributed by atoms with Gasteiger partial charge in [0.2, 0.25) is 0 Å². The normalized spacial score (nSPS) is 19.7. The minimum atomic E-state index is 0.0846. The Morgan fingerprint density at radius 3 is 2.67 bits per heavy atom. The Bertz CT molecular complexity index is 792. The van der Waals surface area contributed by atoms with Crippen molar-refractivity contribution in [1.82, 2.24) is 14.9 Å². The monoisotopic (exact) mass is 318 g/mol. The van der Waals surface area contributed by atoms with E-state index in [1.807, 2.05) is 29.2 Å². The van der Waals surface area contributed by atoms with Gasteiger partial charge in [-0.3, -0.25) is 9.88 Å². The standard InChI is InChI=1S/C19H18N4O/c24-19-22-11-2-1-5-17(22)14-23(19)18-9-8-16(13-21-18)7-6-15-4-3-10-20-12-15/h3-4,8-10,12-13,17H,1-2,5,11,14H2. The molecule has 2 aromatic heterocycles. The van der Waals surface area contributed by atoms with Gasteiger partial charge in [0.15, 0.2) is 0 Å². The highest BCUT2D eigenvalue weighted by Gasteiger charge is 2.39. The first kappa shape index (κ1) is 14.7. The van der Waals surface area contributed by atoms with Crippen LogP contribution < -0.4 is 4.90 Å². The molecule has 120 valence electrons. The first-order valence-corrected chi connectivity index (χ1v) is 8.27. The number of hydrogen-bond acceptors (Lipinski definition) is 3. The molecule has 1 unspecified atom stereocenters. The second-order valence-corrected chi connectivity index (χ2v) is 6.13. The molecular weight excluding hydrogens is 300 g/mol. The highest BCUT2D eigenvalue weighted by Crippen LogP contribution is 2.28. The predicted molar refractivity (Wildman–Crippen MR) is 91.5 cm³/mol. The van der Waals surface area contributed by atoms with E-state index in [9.17, 15) is 4.79 Å². The van der Waals surface area contributed by atoms with Gasteiger partial charge in [0.25, 0.3) is 0 Å². The van der Waals surface area contributed by atoms with Crippen molar-refractivity contribution in [1.29, 1.82) is 0 Å². The summed E-state index contributed by atoms with van der Waals surface area (Å²) in [4.78, 5) is 24.8. The number of urea groups is 1. The fraction of sp³-hybridized carbons (Fsp3) is 0.316. The number of carbonyl (C=O) groups excluding carboxylic acids is 1. The van der Waals surface area contributed by atoms with Gasteiger partial charge in [-0.1, -0.05) is 11.8 Å². The highest BCUT2D eigenvalue weighted by atomic mass is 16.2. The molecule has 0 spiro atoms. The van der Waals surface area contributed by atoms with Crippen LogP contribution in [0.5, 0.6) is 0 Å². The third-order valence-electron chi connectivity index (χ3n) is 4.53. The van der Waals surface area contributed by atoms with Gasteiger partial charge in [-0.2, -0.15) is 0 Å². The molecule has 5 nitrogen and oxygen atoms in total. The zero-order valence-electron chi connectivity index (χ0n) is 13.4. The lowest BCUT2D eigenvalue weighted by atomic mass is 10.0. The van der Waals surface area contributed by atoms with E-state index in [2.05, 4.69) is 21.8 Å². The molecule has 4 rings (SSSR count). The summed E-state index contributed by atoms with van der Waals surface area (Å²) < 4.78 is 0. The van der Waals surface area contributed by atoms with E-state index in [0.29, 0.717) is 11.9 Å². The number of nitrogens with zero attached hydrogens (tertiary/aromatic N) is 4. The summed E-state index contributed by atoms with van der Waals surface area (Å²) in [5, 5.41) is 0. The summed E-state index contributed by atoms with van der Waals surface area (Å²) in [7, 11) is 0. The molecule has 24 heavy (non-hydrogen) atoms. The molecule has 0 aliphatic carbocycles. The molecule has 0 radical (unpaired) electrons. The molecule has 0 aromatic carbocycles. The zero-order chi connectivity index (χ0) is 16.4. The molecule has 2 fully saturated rings. The minimum Gasteiger partial charge on any atom is -0.320 e. The fourth-order valence-electron chi connectivity index (χ4n) is 3.28. The van der Waals surface area contributed by atoms with Crippen molar-refractivity contribution in [3.8, 4) is 11.8 Å². The average Bonchev–Trinajstić information content (AvgIpc) is 2.98. The molecule has 2 aromatic rings. The van der Waals surface area contributed by atoms with E-state index in [0.717, 1.165) is 37.1 Å². The highest BCUT2D eigenvalue weighted by molar-refractivity contribution is 5.93. The summed E-state index contributed by atoms with van der Waals surface area (Å²) in [6, 6.07) is 8.00. The Balaban J connectivity index is 1.50. The zero-order valence-corrected chi connectivity index (χ0v) is 13.4. The van der Waals surface area contributed by atoms with Crippen molar-refractivity contribution in [2.24, 2.45) is 0 Å². The van der Waals surface area contributed by atoms with Gasteiger partial charge in [-0.05, 0) is 43.5 Å². The van der Waals surface area contributed by atoms with Crippen LogP contribution in [0.1, 0.15) is 30.4 Å². The summed E-state index contributed by atoms with van der Waals surface area (Å²) in [6.45, 7) is 1.61. The molecule has 0 N–H and O–H groups in total. The summed E-state index contributed by atoms with van der Waals surface area (Å²) in [5.41, 5.74) is 1.69. The van der Waals surface area contributed by atoms with Crippen molar-refractivity contribution in [3.05, 3.63) is 54.0 Å². The van der Waals surface area contributed by atoms with E-state index < -0.39 is 0 Å². The first-order chi connectivity index (χ1) is 11.8. The van der Waals surface area contributed by atoms with Crippen molar-refractivity contribution < 1.29 is 4.79 Å². The fourth-order valence-corrected chi connectivity index (χ4v) is 3.28. The topological polar surface area (TPSA) is 49.3 Å². The molecule has 2 aliphatic rings. The number of rotatable bonds is 1. The molecule has 5 heteroatoms. The average molecular weight is 318 g/mol. The number of aromatic nitrogens is 2. The van der Waals surface area contributed by atoms with E-state index in [4.69, 9.17) is 0 Å². The molecule has 2 aliphatic heterocycles. The van der Waals surface area contributed by atoms with Crippen LogP contribution in [0.15, 0.2) is 42.9 Å². The van der Waals surface area contributed by atoms with Gasteiger partial charge in [0.05, 0.1) is 6.04 Å². The molecule has 2 saturated heterocycles. The van der Waals surface area contributed by atoms with Crippen LogP contribution in [0.2, 0.25) is 0 Å². The summed E-state index contributed by atoms with van der Waals surface area (Å²) in [5.74, 6) is 6.84. The van der Waals surface area contributed by atoms with E-state index in [-0.39, 0.29) is 6.03 Å². The predicted octanol–water partition coefficient (Wildman–Crippen LogP) is 2.67. The molecule has 4 heterocycles. The smallest absolute Gasteiger partial charge is 0.320 e. The van der Waals surface area contributed by atoms with Crippen LogP contribution in [0, 0.1) is 11.8 Å². The minimum absolute atomic E-state index is 0.0846. The molecule has 1 atom stereocenters. The van der Waals surface area contributed by atoms with Gasteiger partial charge >= 0.3 is 6.03 Å². The van der Waals surface area contributed by atoms with Crippen LogP contribution in [0.3, 0.4) is 0 Å². The van der Waals surface area contributed by atoms with Crippen molar-refractivity contribution in [2.45, 2.75) is 25.3 Å². The quantitative estimate of drug-likeness (QED) is 0.760. The Morgan fingerprint density at radius 2 is 1.96 bits per heavy atom. The number of piperidine rings is 1. The van der Waals surface area contributed by atoms with Crippen LogP contribution >= 0.6 is 0 Å². The van der Waals surface area contributed by atoms with Crippen LogP contribution in [0.4, 0.5) is 10.6 Å². The maximum atomic E-state index is 12.5. The first-order valence-electron chi connectivity index (χ1n) is 8.27. The lowest BCUT2D eigenvalue weighted by molar-refractivity contribution is 0.187. The number of amides is 2. The number of hydrogen-bond donors (Lipinski definition) is 0. The summed E-state index contributed by atoms with van der Waals surface area (Å²) in [6.07, 6.45) is 8.58. The lowest BCUT2D eigenvalue weighted by Crippen LogP contribution is -2.38. The van der Waals surface area contributed by atoms with Gasteiger partial charge in [0, 0.05) is 42.8 Å². The van der Waals surface area contributed by atoms with E-state index in [1.54, 1.807) is 23.5 Å². The summed E-state index contributed by atoms with van der Waals surface area (Å²) >= 11 is 0.